The lowest BCUT2D eigenvalue weighted by Gasteiger charge is -2.13. The van der Waals surface area contributed by atoms with Crippen LogP contribution in [0.4, 0.5) is 0 Å². The molecular weight excluding hydrogens is 502 g/mol. The number of aryl methyl sites for hydroxylation is 4. The Hall–Kier alpha value is -3.46. The molecule has 0 N–H and O–H groups in total. The van der Waals surface area contributed by atoms with Crippen LogP contribution in [0.25, 0.3) is 0 Å². The first-order valence-electron chi connectivity index (χ1n) is 15.8. The molecule has 4 rings (SSSR count). The highest BCUT2D eigenvalue weighted by Crippen LogP contribution is 2.19. The van der Waals surface area contributed by atoms with Crippen LogP contribution in [0, 0.1) is 6.92 Å². The molecule has 0 radical (unpaired) electrons. The molecule has 0 spiro atoms. The zero-order valence-corrected chi connectivity index (χ0v) is 25.3. The highest BCUT2D eigenvalue weighted by Gasteiger charge is 2.07. The molecule has 1 aromatic heterocycles. The summed E-state index contributed by atoms with van der Waals surface area (Å²) in [5.41, 5.74) is 6.61. The second-order valence-corrected chi connectivity index (χ2v) is 11.3. The van der Waals surface area contributed by atoms with Gasteiger partial charge in [0.2, 0.25) is 0 Å². The molecule has 3 aromatic carbocycles. The fourth-order valence-electron chi connectivity index (χ4n) is 5.35. The Morgan fingerprint density at radius 2 is 1.15 bits per heavy atom. The predicted octanol–water partition coefficient (Wildman–Crippen LogP) is 9.92. The van der Waals surface area contributed by atoms with Crippen LogP contribution in [-0.2, 0) is 32.4 Å². The molecule has 0 aliphatic rings. The molecule has 3 heteroatoms. The summed E-state index contributed by atoms with van der Waals surface area (Å²) in [4.78, 5) is 0. The van der Waals surface area contributed by atoms with Gasteiger partial charge in [0.25, 0.3) is 0 Å². The monoisotopic (exact) mass is 551 g/mol. The minimum absolute atomic E-state index is 0.599. The molecule has 4 aromatic rings. The van der Waals surface area contributed by atoms with Gasteiger partial charge in [-0.3, -0.25) is 0 Å². The van der Waals surface area contributed by atoms with Crippen LogP contribution in [0.2, 0.25) is 0 Å². The lowest BCUT2D eigenvalue weighted by Crippen LogP contribution is -2.08. The van der Waals surface area contributed by atoms with Gasteiger partial charge in [-0.15, -0.1) is 0 Å². The molecular formula is C38H49NO2. The van der Waals surface area contributed by atoms with Gasteiger partial charge in [-0.2, -0.15) is 0 Å². The second-order valence-electron chi connectivity index (χ2n) is 11.3. The van der Waals surface area contributed by atoms with Crippen molar-refractivity contribution in [1.82, 2.24) is 4.57 Å². The highest BCUT2D eigenvalue weighted by molar-refractivity contribution is 5.29. The van der Waals surface area contributed by atoms with Crippen LogP contribution < -0.4 is 9.47 Å². The Balaban J connectivity index is 1.16. The largest absolute Gasteiger partial charge is 0.494 e. The van der Waals surface area contributed by atoms with E-state index in [1.807, 2.05) is 18.2 Å². The molecule has 218 valence electrons. The fraction of sp³-hybridized carbons (Fsp3) is 0.421. The third-order valence-electron chi connectivity index (χ3n) is 7.94. The molecule has 1 heterocycles. The number of benzene rings is 3. The highest BCUT2D eigenvalue weighted by atomic mass is 16.5. The van der Waals surface area contributed by atoms with Crippen LogP contribution in [0.5, 0.6) is 11.5 Å². The van der Waals surface area contributed by atoms with Crippen molar-refractivity contribution in [1.29, 1.82) is 0 Å². The molecule has 0 aliphatic heterocycles. The Morgan fingerprint density at radius 3 is 1.83 bits per heavy atom. The molecule has 0 aliphatic carbocycles. The standard InChI is InChI=1S/C38H49NO2/c1-3-4-5-6-7-8-9-13-30-40-37-24-20-34(21-25-37)28-29-39-32(2)16-22-36(39)23-17-33-18-26-38(27-19-33)41-31-35-14-11-10-12-15-35/h10-12,14-16,18-22,24-27H,3-9,13,17,23,28-31H2,1-2H3. The van der Waals surface area contributed by atoms with Crippen molar-refractivity contribution < 1.29 is 9.47 Å². The number of rotatable bonds is 19. The van der Waals surface area contributed by atoms with Gasteiger partial charge in [-0.05, 0) is 85.7 Å². The van der Waals surface area contributed by atoms with E-state index < -0.39 is 0 Å². The van der Waals surface area contributed by atoms with E-state index in [0.29, 0.717) is 6.61 Å². The lowest BCUT2D eigenvalue weighted by molar-refractivity contribution is 0.304. The number of hydrogen-bond acceptors (Lipinski definition) is 2. The third-order valence-corrected chi connectivity index (χ3v) is 7.94. The topological polar surface area (TPSA) is 23.4 Å². The van der Waals surface area contributed by atoms with Crippen LogP contribution in [0.1, 0.15) is 86.4 Å². The minimum atomic E-state index is 0.599. The van der Waals surface area contributed by atoms with Gasteiger partial charge in [-0.1, -0.05) is 106 Å². The Bertz CT molecular complexity index is 1240. The van der Waals surface area contributed by atoms with Gasteiger partial charge in [0.1, 0.15) is 18.1 Å². The van der Waals surface area contributed by atoms with E-state index in [1.165, 1.54) is 73.0 Å². The SMILES string of the molecule is CCCCCCCCCCOc1ccc(CCn2c(C)ccc2CCc2ccc(OCc3ccccc3)cc2)cc1. The average Bonchev–Trinajstić information content (AvgIpc) is 3.37. The van der Waals surface area contributed by atoms with Gasteiger partial charge in [0.15, 0.2) is 0 Å². The van der Waals surface area contributed by atoms with E-state index in [0.717, 1.165) is 50.3 Å². The summed E-state index contributed by atoms with van der Waals surface area (Å²) in [7, 11) is 0. The summed E-state index contributed by atoms with van der Waals surface area (Å²) in [6.45, 7) is 6.91. The van der Waals surface area contributed by atoms with E-state index in [9.17, 15) is 0 Å². The summed E-state index contributed by atoms with van der Waals surface area (Å²) in [6, 6.07) is 32.1. The van der Waals surface area contributed by atoms with Crippen LogP contribution in [0.3, 0.4) is 0 Å². The van der Waals surface area contributed by atoms with Gasteiger partial charge in [-0.25, -0.2) is 0 Å². The summed E-state index contributed by atoms with van der Waals surface area (Å²) in [6.07, 6.45) is 13.7. The summed E-state index contributed by atoms with van der Waals surface area (Å²) in [5, 5.41) is 0. The summed E-state index contributed by atoms with van der Waals surface area (Å²) < 4.78 is 14.4. The molecule has 41 heavy (non-hydrogen) atoms. The molecule has 0 atom stereocenters. The zero-order valence-electron chi connectivity index (χ0n) is 25.3. The molecule has 0 fully saturated rings. The van der Waals surface area contributed by atoms with Crippen molar-refractivity contribution in [3.63, 3.8) is 0 Å². The quantitative estimate of drug-likeness (QED) is 0.108. The zero-order chi connectivity index (χ0) is 28.5. The number of nitrogens with zero attached hydrogens (tertiary/aromatic N) is 1. The van der Waals surface area contributed by atoms with Gasteiger partial charge >= 0.3 is 0 Å². The van der Waals surface area contributed by atoms with E-state index in [2.05, 4.69) is 91.2 Å². The van der Waals surface area contributed by atoms with E-state index in [4.69, 9.17) is 9.47 Å². The van der Waals surface area contributed by atoms with Crippen LogP contribution in [-0.4, -0.2) is 11.2 Å². The Morgan fingerprint density at radius 1 is 0.537 bits per heavy atom. The van der Waals surface area contributed by atoms with Crippen LogP contribution in [0.15, 0.2) is 91.0 Å². The van der Waals surface area contributed by atoms with Gasteiger partial charge in [0, 0.05) is 17.9 Å². The minimum Gasteiger partial charge on any atom is -0.494 e. The van der Waals surface area contributed by atoms with Crippen molar-refractivity contribution in [2.75, 3.05) is 6.61 Å². The maximum absolute atomic E-state index is 6.00. The summed E-state index contributed by atoms with van der Waals surface area (Å²) in [5.74, 6) is 1.91. The number of unbranched alkanes of at least 4 members (excludes halogenated alkanes) is 7. The first-order valence-corrected chi connectivity index (χ1v) is 15.8. The number of ether oxygens (including phenoxy) is 2. The number of hydrogen-bond donors (Lipinski definition) is 0. The first-order chi connectivity index (χ1) is 20.2. The molecule has 0 unspecified atom stereocenters. The molecule has 0 saturated heterocycles. The molecule has 0 amide bonds. The van der Waals surface area contributed by atoms with Gasteiger partial charge in [0.05, 0.1) is 6.61 Å². The first kappa shape index (κ1) is 30.5. The lowest BCUT2D eigenvalue weighted by atomic mass is 10.1. The Labute approximate surface area is 248 Å². The maximum atomic E-state index is 6.00. The van der Waals surface area contributed by atoms with Gasteiger partial charge < -0.3 is 14.0 Å². The average molecular weight is 552 g/mol. The fourth-order valence-corrected chi connectivity index (χ4v) is 5.35. The van der Waals surface area contributed by atoms with Crippen molar-refractivity contribution in [3.05, 3.63) is 119 Å². The maximum Gasteiger partial charge on any atom is 0.119 e. The molecule has 3 nitrogen and oxygen atoms in total. The molecule has 0 saturated carbocycles. The van der Waals surface area contributed by atoms with Crippen molar-refractivity contribution in [3.8, 4) is 11.5 Å². The van der Waals surface area contributed by atoms with Crippen LogP contribution >= 0.6 is 0 Å². The predicted molar refractivity (Wildman–Crippen MR) is 172 cm³/mol. The van der Waals surface area contributed by atoms with E-state index >= 15 is 0 Å². The third kappa shape index (κ3) is 10.8. The van der Waals surface area contributed by atoms with E-state index in [1.54, 1.807) is 0 Å². The smallest absolute Gasteiger partial charge is 0.119 e. The van der Waals surface area contributed by atoms with E-state index in [-0.39, 0.29) is 0 Å². The normalized spacial score (nSPS) is 11.1. The van der Waals surface area contributed by atoms with Crippen molar-refractivity contribution in [2.45, 2.75) is 97.6 Å². The van der Waals surface area contributed by atoms with Crippen molar-refractivity contribution >= 4 is 0 Å². The Kier molecular flexibility index (Phi) is 12.9. The molecule has 0 bridgehead atoms. The second kappa shape index (κ2) is 17.4. The number of aromatic nitrogens is 1. The summed E-state index contributed by atoms with van der Waals surface area (Å²) >= 11 is 0. The van der Waals surface area contributed by atoms with Crippen molar-refractivity contribution in [2.24, 2.45) is 0 Å².